The number of methoxy groups -OCH3 is 1. The van der Waals surface area contributed by atoms with E-state index < -0.39 is 5.79 Å². The predicted molar refractivity (Wildman–Crippen MR) is 112 cm³/mol. The molecule has 8 atom stereocenters. The van der Waals surface area contributed by atoms with Gasteiger partial charge < -0.3 is 9.47 Å². The van der Waals surface area contributed by atoms with E-state index in [2.05, 4.69) is 27.7 Å². The van der Waals surface area contributed by atoms with Crippen molar-refractivity contribution in [2.24, 2.45) is 40.4 Å². The van der Waals surface area contributed by atoms with Crippen molar-refractivity contribution in [1.29, 1.82) is 0 Å². The van der Waals surface area contributed by atoms with Gasteiger partial charge in [0.1, 0.15) is 5.78 Å². The molecule has 4 unspecified atom stereocenters. The Morgan fingerprint density at radius 2 is 1.79 bits per heavy atom. The summed E-state index contributed by atoms with van der Waals surface area (Å²) in [5.74, 6) is 3.66. The normalized spacial score (nSPS) is 47.8. The minimum Gasteiger partial charge on any atom is -0.353 e. The van der Waals surface area contributed by atoms with Crippen molar-refractivity contribution in [2.75, 3.05) is 13.7 Å². The van der Waals surface area contributed by atoms with Crippen LogP contribution in [0.4, 0.5) is 0 Å². The van der Waals surface area contributed by atoms with Crippen molar-refractivity contribution in [3.8, 4) is 0 Å². The second kappa shape index (κ2) is 7.38. The Kier molecular flexibility index (Phi) is 5.49. The molecule has 4 aliphatic rings. The molecule has 0 radical (unpaired) electrons. The highest BCUT2D eigenvalue weighted by atomic mass is 16.7. The maximum absolute atomic E-state index is 12.1. The van der Waals surface area contributed by atoms with Gasteiger partial charge in [-0.1, -0.05) is 20.8 Å². The van der Waals surface area contributed by atoms with Crippen molar-refractivity contribution in [1.82, 2.24) is 0 Å². The van der Waals surface area contributed by atoms with E-state index in [0.717, 1.165) is 50.0 Å². The number of carbonyl (C=O) groups is 1. The molecule has 0 N–H and O–H groups in total. The zero-order valence-corrected chi connectivity index (χ0v) is 18.9. The maximum atomic E-state index is 12.1. The van der Waals surface area contributed by atoms with Gasteiger partial charge in [0.25, 0.3) is 0 Å². The van der Waals surface area contributed by atoms with Crippen LogP contribution in [0.25, 0.3) is 0 Å². The quantitative estimate of drug-likeness (QED) is 0.540. The van der Waals surface area contributed by atoms with E-state index in [4.69, 9.17) is 9.47 Å². The molecule has 4 saturated carbocycles. The van der Waals surface area contributed by atoms with Crippen LogP contribution < -0.4 is 0 Å². The van der Waals surface area contributed by atoms with E-state index in [1.807, 2.05) is 7.11 Å². The monoisotopic (exact) mass is 390 g/mol. The molecule has 0 bridgehead atoms. The number of carbonyl (C=O) groups excluding carboxylic acids is 1. The lowest BCUT2D eigenvalue weighted by Gasteiger charge is -2.61. The van der Waals surface area contributed by atoms with E-state index in [1.54, 1.807) is 0 Å². The van der Waals surface area contributed by atoms with E-state index in [-0.39, 0.29) is 0 Å². The van der Waals surface area contributed by atoms with Crippen LogP contribution >= 0.6 is 0 Å². The number of ether oxygens (including phenoxy) is 2. The fourth-order valence-electron chi connectivity index (χ4n) is 8.51. The maximum Gasteiger partial charge on any atom is 0.168 e. The molecule has 0 amide bonds. The van der Waals surface area contributed by atoms with Crippen molar-refractivity contribution in [3.05, 3.63) is 0 Å². The summed E-state index contributed by atoms with van der Waals surface area (Å²) < 4.78 is 12.4. The van der Waals surface area contributed by atoms with Crippen LogP contribution in [0, 0.1) is 40.4 Å². The summed E-state index contributed by atoms with van der Waals surface area (Å²) in [6.45, 7) is 10.2. The van der Waals surface area contributed by atoms with Crippen LogP contribution in [0.15, 0.2) is 0 Å². The third-order valence-corrected chi connectivity index (χ3v) is 10.1. The first-order valence-corrected chi connectivity index (χ1v) is 12.0. The highest BCUT2D eigenvalue weighted by molar-refractivity contribution is 5.79. The summed E-state index contributed by atoms with van der Waals surface area (Å²) in [4.78, 5) is 12.1. The molecule has 4 rings (SSSR count). The molecule has 28 heavy (non-hydrogen) atoms. The average Bonchev–Trinajstić information content (AvgIpc) is 3.04. The Morgan fingerprint density at radius 3 is 2.50 bits per heavy atom. The Morgan fingerprint density at radius 1 is 1.04 bits per heavy atom. The zero-order valence-electron chi connectivity index (χ0n) is 18.9. The van der Waals surface area contributed by atoms with Gasteiger partial charge in [0.15, 0.2) is 5.79 Å². The lowest BCUT2D eigenvalue weighted by atomic mass is 9.44. The Hall–Kier alpha value is -0.410. The van der Waals surface area contributed by atoms with Crippen LogP contribution in [0.1, 0.15) is 91.9 Å². The van der Waals surface area contributed by atoms with Crippen molar-refractivity contribution >= 4 is 5.78 Å². The van der Waals surface area contributed by atoms with Gasteiger partial charge in [-0.25, -0.2) is 0 Å². The summed E-state index contributed by atoms with van der Waals surface area (Å²) in [7, 11) is 1.84. The SMILES string of the molecule is CCCOC(C)(OC)[C@H]1CCC2C3CC[C@H]4CC(=O)CC[C@]4(C)C3CC[C@@]21C. The molecule has 0 spiro atoms. The molecule has 0 saturated heterocycles. The van der Waals surface area contributed by atoms with E-state index in [1.165, 1.54) is 38.5 Å². The van der Waals surface area contributed by atoms with Gasteiger partial charge in [-0.05, 0) is 92.8 Å². The topological polar surface area (TPSA) is 35.5 Å². The number of Topliss-reactive ketones (excluding diaryl/α,β-unsaturated/α-hetero) is 1. The lowest BCUT2D eigenvalue weighted by Crippen LogP contribution is -2.55. The standard InChI is InChI=1S/C25H42O3/c1-6-15-28-25(4,27-5)22-10-9-20-19-8-7-17-16-18(26)11-13-23(17,2)21(19)12-14-24(20,22)3/h17,19-22H,6-16H2,1-5H3/t17-,19?,20?,21?,22-,23-,24-,25?/m0/s1. The van der Waals surface area contributed by atoms with Crippen molar-refractivity contribution in [3.63, 3.8) is 0 Å². The Labute approximate surface area is 172 Å². The number of ketones is 1. The highest BCUT2D eigenvalue weighted by Gasteiger charge is 2.63. The van der Waals surface area contributed by atoms with Gasteiger partial charge in [0.2, 0.25) is 0 Å². The fourth-order valence-corrected chi connectivity index (χ4v) is 8.51. The molecule has 4 fully saturated rings. The van der Waals surface area contributed by atoms with Crippen molar-refractivity contribution < 1.29 is 14.3 Å². The van der Waals surface area contributed by atoms with Gasteiger partial charge in [0.05, 0.1) is 0 Å². The van der Waals surface area contributed by atoms with Gasteiger partial charge in [-0.2, -0.15) is 0 Å². The third kappa shape index (κ3) is 3.02. The number of hydrogen-bond donors (Lipinski definition) is 0. The second-order valence-corrected chi connectivity index (χ2v) is 11.1. The molecule has 0 heterocycles. The molecule has 3 nitrogen and oxygen atoms in total. The molecule has 0 aromatic carbocycles. The Balaban J connectivity index is 1.57. The highest BCUT2D eigenvalue weighted by Crippen LogP contribution is 2.68. The second-order valence-electron chi connectivity index (χ2n) is 11.1. The molecular formula is C25H42O3. The minimum absolute atomic E-state index is 0.327. The minimum atomic E-state index is -0.454. The average molecular weight is 391 g/mol. The summed E-state index contributed by atoms with van der Waals surface area (Å²) in [6, 6.07) is 0. The van der Waals surface area contributed by atoms with Gasteiger partial charge in [-0.15, -0.1) is 0 Å². The molecule has 0 aliphatic heterocycles. The first-order valence-electron chi connectivity index (χ1n) is 12.0. The first-order chi connectivity index (χ1) is 13.3. The van der Waals surface area contributed by atoms with Gasteiger partial charge in [0, 0.05) is 32.5 Å². The number of rotatable bonds is 5. The number of hydrogen-bond acceptors (Lipinski definition) is 3. The lowest BCUT2D eigenvalue weighted by molar-refractivity contribution is -0.266. The molecule has 3 heteroatoms. The third-order valence-electron chi connectivity index (χ3n) is 10.1. The van der Waals surface area contributed by atoms with Crippen LogP contribution in [0.5, 0.6) is 0 Å². The fraction of sp³-hybridized carbons (Fsp3) is 0.960. The van der Waals surface area contributed by atoms with Crippen LogP contribution in [-0.4, -0.2) is 25.3 Å². The van der Waals surface area contributed by atoms with Gasteiger partial charge in [-0.3, -0.25) is 4.79 Å². The molecule has 0 aromatic heterocycles. The Bertz CT molecular complexity index is 603. The van der Waals surface area contributed by atoms with E-state index in [9.17, 15) is 4.79 Å². The smallest absolute Gasteiger partial charge is 0.168 e. The van der Waals surface area contributed by atoms with Crippen molar-refractivity contribution in [2.45, 2.75) is 97.7 Å². The predicted octanol–water partition coefficient (Wildman–Crippen LogP) is 6.00. The van der Waals surface area contributed by atoms with Crippen LogP contribution in [-0.2, 0) is 14.3 Å². The van der Waals surface area contributed by atoms with E-state index >= 15 is 0 Å². The molecular weight excluding hydrogens is 348 g/mol. The van der Waals surface area contributed by atoms with Crippen LogP contribution in [0.2, 0.25) is 0 Å². The first kappa shape index (κ1) is 20.8. The summed E-state index contributed by atoms with van der Waals surface area (Å²) >= 11 is 0. The molecule has 4 aliphatic carbocycles. The van der Waals surface area contributed by atoms with Crippen LogP contribution in [0.3, 0.4) is 0 Å². The summed E-state index contributed by atoms with van der Waals surface area (Å²) in [5.41, 5.74) is 0.729. The molecule has 160 valence electrons. The molecule has 0 aromatic rings. The number of fused-ring (bicyclic) bond motifs is 5. The zero-order chi connectivity index (χ0) is 20.2. The largest absolute Gasteiger partial charge is 0.353 e. The van der Waals surface area contributed by atoms with E-state index in [0.29, 0.717) is 28.4 Å². The summed E-state index contributed by atoms with van der Waals surface area (Å²) in [6.07, 6.45) is 11.7. The summed E-state index contributed by atoms with van der Waals surface area (Å²) in [5, 5.41) is 0. The van der Waals surface area contributed by atoms with Gasteiger partial charge >= 0.3 is 0 Å².